The lowest BCUT2D eigenvalue weighted by atomic mass is 9.86. The third-order valence-corrected chi connectivity index (χ3v) is 4.37. The van der Waals surface area contributed by atoms with Gasteiger partial charge in [-0.3, -0.25) is 0 Å². The van der Waals surface area contributed by atoms with Crippen LogP contribution in [0.15, 0.2) is 16.6 Å². The second-order valence-corrected chi connectivity index (χ2v) is 5.97. The zero-order valence-corrected chi connectivity index (χ0v) is 11.9. The quantitative estimate of drug-likeness (QED) is 0.913. The van der Waals surface area contributed by atoms with Gasteiger partial charge in [-0.2, -0.15) is 0 Å². The molecule has 2 heterocycles. The molecule has 0 aliphatic carbocycles. The van der Waals surface area contributed by atoms with Crippen molar-refractivity contribution in [2.45, 2.75) is 25.3 Å². The minimum absolute atomic E-state index is 0.0539. The molecule has 2 aliphatic rings. The van der Waals surface area contributed by atoms with E-state index < -0.39 is 0 Å². The summed E-state index contributed by atoms with van der Waals surface area (Å²) in [6, 6.07) is 4.31. The molecule has 0 bridgehead atoms. The van der Waals surface area contributed by atoms with Gasteiger partial charge in [-0.05, 0) is 36.5 Å². The summed E-state index contributed by atoms with van der Waals surface area (Å²) in [6.45, 7) is 2.43. The summed E-state index contributed by atoms with van der Waals surface area (Å²) < 4.78 is 12.3. The van der Waals surface area contributed by atoms with Crippen LogP contribution in [0.2, 0.25) is 0 Å². The average Bonchev–Trinajstić information content (AvgIpc) is 2.86. The fraction of sp³-hybridized carbons (Fsp3) is 0.571. The summed E-state index contributed by atoms with van der Waals surface area (Å²) >= 11 is 3.57. The van der Waals surface area contributed by atoms with Crippen LogP contribution in [-0.2, 0) is 11.2 Å². The SMILES string of the molecule is NC(c1cc(Br)cc2c1OCC2)C1CCOCC1. The van der Waals surface area contributed by atoms with Crippen LogP contribution in [0.3, 0.4) is 0 Å². The first-order valence-corrected chi connectivity index (χ1v) is 7.33. The Bertz CT molecular complexity index is 444. The first-order chi connectivity index (χ1) is 8.75. The van der Waals surface area contributed by atoms with Crippen molar-refractivity contribution >= 4 is 15.9 Å². The first-order valence-electron chi connectivity index (χ1n) is 6.54. The summed E-state index contributed by atoms with van der Waals surface area (Å²) in [5, 5.41) is 0. The highest BCUT2D eigenvalue weighted by Crippen LogP contribution is 2.39. The third-order valence-electron chi connectivity index (χ3n) is 3.91. The number of nitrogens with two attached hydrogens (primary N) is 1. The van der Waals surface area contributed by atoms with Gasteiger partial charge in [-0.25, -0.2) is 0 Å². The van der Waals surface area contributed by atoms with Crippen LogP contribution in [0, 0.1) is 5.92 Å². The van der Waals surface area contributed by atoms with Gasteiger partial charge in [0.15, 0.2) is 0 Å². The Balaban J connectivity index is 1.91. The van der Waals surface area contributed by atoms with E-state index in [1.165, 1.54) is 5.56 Å². The van der Waals surface area contributed by atoms with E-state index in [1.54, 1.807) is 0 Å². The predicted octanol–water partition coefficient (Wildman–Crippen LogP) is 2.81. The Morgan fingerprint density at radius 3 is 2.78 bits per heavy atom. The van der Waals surface area contributed by atoms with E-state index in [4.69, 9.17) is 15.2 Å². The summed E-state index contributed by atoms with van der Waals surface area (Å²) in [6.07, 6.45) is 3.08. The molecule has 2 N–H and O–H groups in total. The topological polar surface area (TPSA) is 44.5 Å². The first kappa shape index (κ1) is 12.5. The van der Waals surface area contributed by atoms with Crippen molar-refractivity contribution in [3.8, 4) is 5.75 Å². The molecule has 1 fully saturated rings. The molecule has 1 aromatic carbocycles. The van der Waals surface area contributed by atoms with Crippen LogP contribution in [0.5, 0.6) is 5.75 Å². The van der Waals surface area contributed by atoms with Crippen molar-refractivity contribution < 1.29 is 9.47 Å². The molecular formula is C14H18BrNO2. The summed E-state index contributed by atoms with van der Waals surface area (Å²) in [7, 11) is 0. The Labute approximate surface area is 116 Å². The Morgan fingerprint density at radius 1 is 1.22 bits per heavy atom. The van der Waals surface area contributed by atoms with E-state index in [-0.39, 0.29) is 6.04 Å². The largest absolute Gasteiger partial charge is 0.493 e. The van der Waals surface area contributed by atoms with Gasteiger partial charge in [0.1, 0.15) is 5.75 Å². The molecule has 3 nitrogen and oxygen atoms in total. The van der Waals surface area contributed by atoms with Crippen molar-refractivity contribution in [3.05, 3.63) is 27.7 Å². The van der Waals surface area contributed by atoms with Crippen LogP contribution in [0.4, 0.5) is 0 Å². The Hall–Kier alpha value is -0.580. The molecule has 4 heteroatoms. The molecule has 3 rings (SSSR count). The molecule has 0 saturated carbocycles. The van der Waals surface area contributed by atoms with Crippen molar-refractivity contribution in [2.24, 2.45) is 11.7 Å². The van der Waals surface area contributed by atoms with Gasteiger partial charge in [-0.1, -0.05) is 15.9 Å². The van der Waals surface area contributed by atoms with Crippen molar-refractivity contribution in [2.75, 3.05) is 19.8 Å². The molecule has 18 heavy (non-hydrogen) atoms. The molecule has 0 amide bonds. The monoisotopic (exact) mass is 311 g/mol. The lowest BCUT2D eigenvalue weighted by molar-refractivity contribution is 0.0581. The van der Waals surface area contributed by atoms with E-state index >= 15 is 0 Å². The summed E-state index contributed by atoms with van der Waals surface area (Å²) in [5.41, 5.74) is 8.89. The molecule has 0 aromatic heterocycles. The lowest BCUT2D eigenvalue weighted by Crippen LogP contribution is -2.27. The normalized spacial score (nSPS) is 21.4. The molecule has 1 atom stereocenters. The van der Waals surface area contributed by atoms with Crippen LogP contribution >= 0.6 is 15.9 Å². The molecular weight excluding hydrogens is 294 g/mol. The fourth-order valence-electron chi connectivity index (χ4n) is 2.87. The van der Waals surface area contributed by atoms with E-state index in [0.717, 1.165) is 54.9 Å². The van der Waals surface area contributed by atoms with Gasteiger partial charge in [0.25, 0.3) is 0 Å². The highest BCUT2D eigenvalue weighted by Gasteiger charge is 2.27. The Kier molecular flexibility index (Phi) is 3.59. The third kappa shape index (κ3) is 2.29. The van der Waals surface area contributed by atoms with Gasteiger partial charge in [0, 0.05) is 35.7 Å². The van der Waals surface area contributed by atoms with Crippen molar-refractivity contribution in [1.29, 1.82) is 0 Å². The van der Waals surface area contributed by atoms with Gasteiger partial charge in [0.2, 0.25) is 0 Å². The second kappa shape index (κ2) is 5.19. The maximum atomic E-state index is 6.46. The van der Waals surface area contributed by atoms with Crippen LogP contribution in [0.1, 0.15) is 30.0 Å². The molecule has 1 saturated heterocycles. The fourth-order valence-corrected chi connectivity index (χ4v) is 3.40. The van der Waals surface area contributed by atoms with Crippen molar-refractivity contribution in [3.63, 3.8) is 0 Å². The molecule has 0 radical (unpaired) electrons. The van der Waals surface area contributed by atoms with Crippen molar-refractivity contribution in [1.82, 2.24) is 0 Å². The number of halogens is 1. The van der Waals surface area contributed by atoms with Gasteiger partial charge < -0.3 is 15.2 Å². The van der Waals surface area contributed by atoms with Gasteiger partial charge in [0.05, 0.1) is 6.61 Å². The van der Waals surface area contributed by atoms with Crippen LogP contribution in [0.25, 0.3) is 0 Å². The maximum absolute atomic E-state index is 6.46. The number of hydrogen-bond acceptors (Lipinski definition) is 3. The minimum atomic E-state index is 0.0539. The van der Waals surface area contributed by atoms with Crippen LogP contribution in [-0.4, -0.2) is 19.8 Å². The number of ether oxygens (including phenoxy) is 2. The van der Waals surface area contributed by atoms with Gasteiger partial charge in [-0.15, -0.1) is 0 Å². The highest BCUT2D eigenvalue weighted by molar-refractivity contribution is 9.10. The van der Waals surface area contributed by atoms with Crippen LogP contribution < -0.4 is 10.5 Å². The number of rotatable bonds is 2. The number of fused-ring (bicyclic) bond motifs is 1. The van der Waals surface area contributed by atoms with E-state index in [0.29, 0.717) is 5.92 Å². The van der Waals surface area contributed by atoms with E-state index in [9.17, 15) is 0 Å². The Morgan fingerprint density at radius 2 is 2.00 bits per heavy atom. The molecule has 2 aliphatic heterocycles. The van der Waals surface area contributed by atoms with E-state index in [1.807, 2.05) is 0 Å². The lowest BCUT2D eigenvalue weighted by Gasteiger charge is -2.28. The minimum Gasteiger partial charge on any atom is -0.493 e. The molecule has 98 valence electrons. The van der Waals surface area contributed by atoms with E-state index in [2.05, 4.69) is 28.1 Å². The number of hydrogen-bond donors (Lipinski definition) is 1. The molecule has 0 spiro atoms. The van der Waals surface area contributed by atoms with Gasteiger partial charge >= 0.3 is 0 Å². The maximum Gasteiger partial charge on any atom is 0.127 e. The predicted molar refractivity (Wildman–Crippen MR) is 73.8 cm³/mol. The average molecular weight is 312 g/mol. The molecule has 1 aromatic rings. The smallest absolute Gasteiger partial charge is 0.127 e. The molecule has 1 unspecified atom stereocenters. The number of benzene rings is 1. The highest BCUT2D eigenvalue weighted by atomic mass is 79.9. The standard InChI is InChI=1S/C14H18BrNO2/c15-11-7-10-3-6-18-14(10)12(8-11)13(16)9-1-4-17-5-2-9/h7-9,13H,1-6,16H2. The summed E-state index contributed by atoms with van der Waals surface area (Å²) in [5.74, 6) is 1.53. The zero-order chi connectivity index (χ0) is 12.5. The summed E-state index contributed by atoms with van der Waals surface area (Å²) in [4.78, 5) is 0. The zero-order valence-electron chi connectivity index (χ0n) is 10.3. The second-order valence-electron chi connectivity index (χ2n) is 5.06.